The second kappa shape index (κ2) is 11.8. The highest BCUT2D eigenvalue weighted by Gasteiger charge is 2.25. The van der Waals surface area contributed by atoms with Gasteiger partial charge in [-0.05, 0) is 48.9 Å². The first-order valence-corrected chi connectivity index (χ1v) is 11.3. The van der Waals surface area contributed by atoms with E-state index in [1.165, 1.54) is 12.1 Å². The van der Waals surface area contributed by atoms with E-state index in [9.17, 15) is 14.0 Å². The van der Waals surface area contributed by atoms with Gasteiger partial charge in [0.1, 0.15) is 5.82 Å². The SMILES string of the molecule is CN1CCN(C(CNC(=O)C(=O)NCCc2ccc(F)cc2)c2ccc(N(C)C)cc2)CC1. The number of nitrogens with zero attached hydrogens (tertiary/aromatic N) is 3. The Hall–Kier alpha value is -2.97. The molecule has 0 aliphatic carbocycles. The quantitative estimate of drug-likeness (QED) is 0.593. The summed E-state index contributed by atoms with van der Waals surface area (Å²) in [7, 11) is 6.11. The highest BCUT2D eigenvalue weighted by molar-refractivity contribution is 6.35. The van der Waals surface area contributed by atoms with Gasteiger partial charge in [0.05, 0.1) is 6.04 Å². The normalized spacial score (nSPS) is 15.6. The van der Waals surface area contributed by atoms with Crippen LogP contribution in [0.15, 0.2) is 48.5 Å². The maximum atomic E-state index is 13.0. The van der Waals surface area contributed by atoms with E-state index in [4.69, 9.17) is 0 Å². The molecular formula is C25H34FN5O2. The molecular weight excluding hydrogens is 421 g/mol. The van der Waals surface area contributed by atoms with E-state index < -0.39 is 11.8 Å². The molecule has 2 aromatic rings. The number of likely N-dealkylation sites (N-methyl/N-ethyl adjacent to an activating group) is 1. The fourth-order valence-electron chi connectivity index (χ4n) is 3.91. The number of carbonyl (C=O) groups is 2. The highest BCUT2D eigenvalue weighted by Crippen LogP contribution is 2.24. The Morgan fingerprint density at radius 2 is 1.55 bits per heavy atom. The van der Waals surface area contributed by atoms with Gasteiger partial charge >= 0.3 is 11.8 Å². The van der Waals surface area contributed by atoms with Crippen LogP contribution in [0.25, 0.3) is 0 Å². The molecule has 8 heteroatoms. The number of anilines is 1. The van der Waals surface area contributed by atoms with Gasteiger partial charge in [-0.15, -0.1) is 0 Å². The van der Waals surface area contributed by atoms with Crippen molar-refractivity contribution in [2.45, 2.75) is 12.5 Å². The van der Waals surface area contributed by atoms with E-state index in [-0.39, 0.29) is 11.9 Å². The van der Waals surface area contributed by atoms with Gasteiger partial charge in [-0.1, -0.05) is 24.3 Å². The van der Waals surface area contributed by atoms with E-state index in [0.29, 0.717) is 19.5 Å². The average molecular weight is 456 g/mol. The third-order valence-corrected chi connectivity index (χ3v) is 6.05. The Labute approximate surface area is 195 Å². The minimum atomic E-state index is -0.655. The average Bonchev–Trinajstić information content (AvgIpc) is 2.81. The van der Waals surface area contributed by atoms with Gasteiger partial charge in [-0.2, -0.15) is 0 Å². The predicted molar refractivity (Wildman–Crippen MR) is 129 cm³/mol. The molecule has 1 unspecified atom stereocenters. The lowest BCUT2D eigenvalue weighted by Crippen LogP contribution is -2.49. The maximum absolute atomic E-state index is 13.0. The number of hydrogen-bond acceptors (Lipinski definition) is 5. The topological polar surface area (TPSA) is 67.9 Å². The van der Waals surface area contributed by atoms with Crippen LogP contribution < -0.4 is 15.5 Å². The Morgan fingerprint density at radius 3 is 2.15 bits per heavy atom. The molecule has 1 atom stereocenters. The first-order valence-electron chi connectivity index (χ1n) is 11.3. The Balaban J connectivity index is 1.56. The Morgan fingerprint density at radius 1 is 0.939 bits per heavy atom. The van der Waals surface area contributed by atoms with Crippen LogP contribution in [-0.4, -0.2) is 82.0 Å². The van der Waals surface area contributed by atoms with E-state index in [1.54, 1.807) is 12.1 Å². The van der Waals surface area contributed by atoms with Crippen LogP contribution >= 0.6 is 0 Å². The van der Waals surface area contributed by atoms with Gasteiger partial charge in [0, 0.05) is 59.1 Å². The first kappa shape index (κ1) is 24.7. The summed E-state index contributed by atoms with van der Waals surface area (Å²) in [5.41, 5.74) is 3.12. The van der Waals surface area contributed by atoms with E-state index in [2.05, 4.69) is 51.7 Å². The van der Waals surface area contributed by atoms with Gasteiger partial charge in [0.15, 0.2) is 0 Å². The number of piperazine rings is 1. The second-order valence-corrected chi connectivity index (χ2v) is 8.68. The molecule has 1 heterocycles. The maximum Gasteiger partial charge on any atom is 0.309 e. The molecule has 0 aromatic heterocycles. The molecule has 3 rings (SSSR count). The number of carbonyl (C=O) groups excluding carboxylic acids is 2. The second-order valence-electron chi connectivity index (χ2n) is 8.68. The molecule has 33 heavy (non-hydrogen) atoms. The minimum absolute atomic E-state index is 0.00845. The molecule has 7 nitrogen and oxygen atoms in total. The summed E-state index contributed by atoms with van der Waals surface area (Å²) >= 11 is 0. The fraction of sp³-hybridized carbons (Fsp3) is 0.440. The van der Waals surface area contributed by atoms with Crippen molar-refractivity contribution in [1.82, 2.24) is 20.4 Å². The molecule has 2 N–H and O–H groups in total. The molecule has 1 aliphatic rings. The lowest BCUT2D eigenvalue weighted by Gasteiger charge is -2.38. The van der Waals surface area contributed by atoms with Crippen LogP contribution in [-0.2, 0) is 16.0 Å². The predicted octanol–water partition coefficient (Wildman–Crippen LogP) is 1.66. The Bertz CT molecular complexity index is 909. The summed E-state index contributed by atoms with van der Waals surface area (Å²) < 4.78 is 13.0. The van der Waals surface area contributed by atoms with E-state index in [0.717, 1.165) is 43.0 Å². The standard InChI is InChI=1S/C25H34FN5O2/c1-29(2)22-10-6-20(7-11-22)23(31-16-14-30(3)15-17-31)18-28-25(33)24(32)27-13-12-19-4-8-21(26)9-5-19/h4-11,23H,12-18H2,1-3H3,(H,27,32)(H,28,33). The van der Waals surface area contributed by atoms with Gasteiger partial charge in [-0.25, -0.2) is 4.39 Å². The largest absolute Gasteiger partial charge is 0.378 e. The molecule has 178 valence electrons. The number of nitrogens with one attached hydrogen (secondary N) is 2. The molecule has 0 bridgehead atoms. The van der Waals surface area contributed by atoms with Gasteiger partial charge in [0.2, 0.25) is 0 Å². The smallest absolute Gasteiger partial charge is 0.309 e. The highest BCUT2D eigenvalue weighted by atomic mass is 19.1. The third-order valence-electron chi connectivity index (χ3n) is 6.05. The summed E-state index contributed by atoms with van der Waals surface area (Å²) in [6, 6.07) is 14.4. The van der Waals surface area contributed by atoms with Gasteiger partial charge in [0.25, 0.3) is 0 Å². The van der Waals surface area contributed by atoms with Crippen molar-refractivity contribution in [3.05, 3.63) is 65.5 Å². The zero-order chi connectivity index (χ0) is 23.8. The number of halogens is 1. The van der Waals surface area contributed by atoms with Crippen molar-refractivity contribution in [1.29, 1.82) is 0 Å². The van der Waals surface area contributed by atoms with Crippen LogP contribution in [0, 0.1) is 5.82 Å². The molecule has 1 aliphatic heterocycles. The molecule has 0 saturated carbocycles. The van der Waals surface area contributed by atoms with E-state index in [1.807, 2.05) is 19.0 Å². The van der Waals surface area contributed by atoms with Crippen LogP contribution in [0.1, 0.15) is 17.2 Å². The van der Waals surface area contributed by atoms with Crippen LogP contribution in [0.5, 0.6) is 0 Å². The van der Waals surface area contributed by atoms with Crippen LogP contribution in [0.2, 0.25) is 0 Å². The lowest BCUT2D eigenvalue weighted by molar-refractivity contribution is -0.139. The fourth-order valence-corrected chi connectivity index (χ4v) is 3.91. The summed E-state index contributed by atoms with van der Waals surface area (Å²) in [4.78, 5) is 31.4. The molecule has 1 saturated heterocycles. The summed E-state index contributed by atoms with van der Waals surface area (Å²) in [6.45, 7) is 4.39. The Kier molecular flexibility index (Phi) is 8.79. The zero-order valence-electron chi connectivity index (χ0n) is 19.7. The van der Waals surface area contributed by atoms with Crippen molar-refractivity contribution in [3.8, 4) is 0 Å². The van der Waals surface area contributed by atoms with Gasteiger partial charge < -0.3 is 20.4 Å². The van der Waals surface area contributed by atoms with Crippen molar-refractivity contribution in [3.63, 3.8) is 0 Å². The third kappa shape index (κ3) is 7.27. The number of hydrogen-bond donors (Lipinski definition) is 2. The lowest BCUT2D eigenvalue weighted by atomic mass is 10.0. The first-order chi connectivity index (χ1) is 15.8. The minimum Gasteiger partial charge on any atom is -0.378 e. The molecule has 2 aromatic carbocycles. The van der Waals surface area contributed by atoms with Crippen LogP contribution in [0.4, 0.5) is 10.1 Å². The van der Waals surface area contributed by atoms with Crippen molar-refractivity contribution in [2.75, 3.05) is 65.3 Å². The monoisotopic (exact) mass is 455 g/mol. The van der Waals surface area contributed by atoms with Crippen LogP contribution in [0.3, 0.4) is 0 Å². The molecule has 1 fully saturated rings. The molecule has 2 amide bonds. The molecule has 0 spiro atoms. The summed E-state index contributed by atoms with van der Waals surface area (Å²) in [6.07, 6.45) is 0.529. The summed E-state index contributed by atoms with van der Waals surface area (Å²) in [5, 5.41) is 5.46. The van der Waals surface area contributed by atoms with Crippen molar-refractivity contribution < 1.29 is 14.0 Å². The van der Waals surface area contributed by atoms with Gasteiger partial charge in [-0.3, -0.25) is 14.5 Å². The summed E-state index contributed by atoms with van der Waals surface area (Å²) in [5.74, 6) is -1.59. The number of rotatable bonds is 8. The number of benzene rings is 2. The molecule has 0 radical (unpaired) electrons. The van der Waals surface area contributed by atoms with E-state index >= 15 is 0 Å². The van der Waals surface area contributed by atoms with Crippen molar-refractivity contribution >= 4 is 17.5 Å². The number of amides is 2. The zero-order valence-corrected chi connectivity index (χ0v) is 19.7. The van der Waals surface area contributed by atoms with Crippen molar-refractivity contribution in [2.24, 2.45) is 0 Å².